The number of benzene rings is 2. The van der Waals surface area contributed by atoms with Crippen LogP contribution in [-0.2, 0) is 25.4 Å². The van der Waals surface area contributed by atoms with Gasteiger partial charge in [0.25, 0.3) is 0 Å². The van der Waals surface area contributed by atoms with Gasteiger partial charge < -0.3 is 10.1 Å². The summed E-state index contributed by atoms with van der Waals surface area (Å²) < 4.78 is 31.6. The first-order valence-corrected chi connectivity index (χ1v) is 9.59. The van der Waals surface area contributed by atoms with Crippen molar-refractivity contribution in [2.24, 2.45) is 0 Å². The lowest BCUT2D eigenvalue weighted by Crippen LogP contribution is -2.33. The van der Waals surface area contributed by atoms with Crippen LogP contribution in [-0.4, -0.2) is 27.3 Å². The van der Waals surface area contributed by atoms with Gasteiger partial charge in [0.15, 0.2) is 0 Å². The van der Waals surface area contributed by atoms with Crippen LogP contribution in [0.4, 0.5) is 5.69 Å². The standard InChI is InChI=1S/C18H18N2O5S/c1-25-13-6-4-5-12(9-13)11-26(23,24)20-17(21)10-15-14-7-2-3-8-16(14)19-18(15)22/h2-9,15H,10-11H2,1H3,(H,19,22)(H,20,21). The van der Waals surface area contributed by atoms with Crippen LogP contribution in [0.5, 0.6) is 5.75 Å². The van der Waals surface area contributed by atoms with Crippen LogP contribution in [0.2, 0.25) is 0 Å². The van der Waals surface area contributed by atoms with Crippen LogP contribution in [0.1, 0.15) is 23.5 Å². The SMILES string of the molecule is COc1cccc(CS(=O)(=O)NC(=O)CC2C(=O)Nc3ccccc32)c1. The van der Waals surface area contributed by atoms with E-state index in [-0.39, 0.29) is 18.1 Å². The van der Waals surface area contributed by atoms with Crippen LogP contribution in [0.3, 0.4) is 0 Å². The highest BCUT2D eigenvalue weighted by Gasteiger charge is 2.32. The molecule has 0 radical (unpaired) electrons. The van der Waals surface area contributed by atoms with E-state index in [1.54, 1.807) is 48.5 Å². The Kier molecular flexibility index (Phi) is 4.94. The first-order chi connectivity index (χ1) is 12.4. The molecule has 3 rings (SSSR count). The average Bonchev–Trinajstić information content (AvgIpc) is 2.89. The largest absolute Gasteiger partial charge is 0.497 e. The first kappa shape index (κ1) is 17.9. The fourth-order valence-electron chi connectivity index (χ4n) is 2.90. The Hall–Kier alpha value is -2.87. The number of carbonyl (C=O) groups excluding carboxylic acids is 2. The molecule has 2 aromatic rings. The fraction of sp³-hybridized carbons (Fsp3) is 0.222. The summed E-state index contributed by atoms with van der Waals surface area (Å²) >= 11 is 0. The zero-order valence-corrected chi connectivity index (χ0v) is 14.9. The van der Waals surface area contributed by atoms with Gasteiger partial charge in [0.1, 0.15) is 5.75 Å². The molecule has 0 spiro atoms. The number of anilines is 1. The summed E-state index contributed by atoms with van der Waals surface area (Å²) in [4.78, 5) is 24.2. The molecular formula is C18H18N2O5S. The maximum Gasteiger partial charge on any atom is 0.239 e. The number of hydrogen-bond acceptors (Lipinski definition) is 5. The van der Waals surface area contributed by atoms with Gasteiger partial charge in [0, 0.05) is 12.1 Å². The van der Waals surface area contributed by atoms with E-state index in [2.05, 4.69) is 5.32 Å². The third kappa shape index (κ3) is 4.02. The molecule has 1 unspecified atom stereocenters. The van der Waals surface area contributed by atoms with E-state index in [1.165, 1.54) is 7.11 Å². The smallest absolute Gasteiger partial charge is 0.239 e. The number of para-hydroxylation sites is 1. The van der Waals surface area contributed by atoms with Crippen molar-refractivity contribution >= 4 is 27.5 Å². The van der Waals surface area contributed by atoms with Gasteiger partial charge in [-0.25, -0.2) is 8.42 Å². The van der Waals surface area contributed by atoms with Crippen molar-refractivity contribution in [1.82, 2.24) is 4.72 Å². The summed E-state index contributed by atoms with van der Waals surface area (Å²) in [6, 6.07) is 13.6. The number of hydrogen-bond donors (Lipinski definition) is 2. The summed E-state index contributed by atoms with van der Waals surface area (Å²) in [6.07, 6.45) is -0.236. The number of sulfonamides is 1. The summed E-state index contributed by atoms with van der Waals surface area (Å²) in [5, 5.41) is 2.69. The molecule has 7 nitrogen and oxygen atoms in total. The molecule has 2 N–H and O–H groups in total. The molecule has 0 aromatic heterocycles. The van der Waals surface area contributed by atoms with Crippen LogP contribution in [0, 0.1) is 0 Å². The molecular weight excluding hydrogens is 356 g/mol. The lowest BCUT2D eigenvalue weighted by Gasteiger charge is -2.11. The van der Waals surface area contributed by atoms with E-state index in [0.29, 0.717) is 22.6 Å². The summed E-state index contributed by atoms with van der Waals surface area (Å²) in [7, 11) is -2.40. The number of methoxy groups -OCH3 is 1. The van der Waals surface area contributed by atoms with Crippen molar-refractivity contribution in [3.05, 3.63) is 59.7 Å². The van der Waals surface area contributed by atoms with E-state index in [9.17, 15) is 18.0 Å². The van der Waals surface area contributed by atoms with E-state index < -0.39 is 21.8 Å². The molecule has 1 aliphatic rings. The second kappa shape index (κ2) is 7.17. The third-order valence-electron chi connectivity index (χ3n) is 4.06. The monoisotopic (exact) mass is 374 g/mol. The topological polar surface area (TPSA) is 102 Å². The molecule has 2 amide bonds. The minimum absolute atomic E-state index is 0.236. The second-order valence-corrected chi connectivity index (χ2v) is 7.69. The Morgan fingerprint density at radius 3 is 2.73 bits per heavy atom. The maximum atomic E-state index is 12.2. The van der Waals surface area contributed by atoms with Gasteiger partial charge in [-0.3, -0.25) is 14.3 Å². The molecule has 2 aromatic carbocycles. The van der Waals surface area contributed by atoms with Crippen LogP contribution >= 0.6 is 0 Å². The molecule has 1 aliphatic heterocycles. The Labute approximate surface area is 151 Å². The minimum atomic E-state index is -3.88. The van der Waals surface area contributed by atoms with Crippen molar-refractivity contribution in [1.29, 1.82) is 0 Å². The Bertz CT molecular complexity index is 956. The van der Waals surface area contributed by atoms with Gasteiger partial charge >= 0.3 is 0 Å². The third-order valence-corrected chi connectivity index (χ3v) is 5.31. The number of rotatable bonds is 6. The Balaban J connectivity index is 1.66. The van der Waals surface area contributed by atoms with Gasteiger partial charge in [-0.1, -0.05) is 30.3 Å². The predicted molar refractivity (Wildman–Crippen MR) is 96.2 cm³/mol. The summed E-state index contributed by atoms with van der Waals surface area (Å²) in [5.74, 6) is -1.55. The maximum absolute atomic E-state index is 12.2. The van der Waals surface area contributed by atoms with E-state index in [1.807, 2.05) is 4.72 Å². The predicted octanol–water partition coefficient (Wildman–Crippen LogP) is 1.77. The number of amides is 2. The molecule has 0 fully saturated rings. The van der Waals surface area contributed by atoms with E-state index in [0.717, 1.165) is 0 Å². The second-order valence-electron chi connectivity index (χ2n) is 5.97. The molecule has 26 heavy (non-hydrogen) atoms. The van der Waals surface area contributed by atoms with Gasteiger partial charge in [-0.15, -0.1) is 0 Å². The van der Waals surface area contributed by atoms with Crippen molar-refractivity contribution in [3.8, 4) is 5.75 Å². The molecule has 1 heterocycles. The quantitative estimate of drug-likeness (QED) is 0.802. The lowest BCUT2D eigenvalue weighted by molar-refractivity contribution is -0.124. The number of nitrogens with one attached hydrogen (secondary N) is 2. The van der Waals surface area contributed by atoms with E-state index in [4.69, 9.17) is 4.74 Å². The normalized spacial score (nSPS) is 15.9. The highest BCUT2D eigenvalue weighted by molar-refractivity contribution is 7.89. The fourth-order valence-corrected chi connectivity index (χ4v) is 4.02. The Morgan fingerprint density at radius 2 is 1.96 bits per heavy atom. The van der Waals surface area contributed by atoms with Crippen LogP contribution < -0.4 is 14.8 Å². The van der Waals surface area contributed by atoms with Crippen molar-refractivity contribution in [3.63, 3.8) is 0 Å². The zero-order valence-electron chi connectivity index (χ0n) is 14.1. The number of fused-ring (bicyclic) bond motifs is 1. The molecule has 0 bridgehead atoms. The molecule has 8 heteroatoms. The van der Waals surface area contributed by atoms with Crippen LogP contribution in [0.25, 0.3) is 0 Å². The Morgan fingerprint density at radius 1 is 1.19 bits per heavy atom. The van der Waals surface area contributed by atoms with Crippen molar-refractivity contribution in [2.75, 3.05) is 12.4 Å². The van der Waals surface area contributed by atoms with Gasteiger partial charge in [0.05, 0.1) is 18.8 Å². The highest BCUT2D eigenvalue weighted by atomic mass is 32.2. The summed E-state index contributed by atoms with van der Waals surface area (Å²) in [5.41, 5.74) is 1.83. The molecule has 1 atom stereocenters. The number of carbonyl (C=O) groups is 2. The summed E-state index contributed by atoms with van der Waals surface area (Å²) in [6.45, 7) is 0. The van der Waals surface area contributed by atoms with Crippen LogP contribution in [0.15, 0.2) is 48.5 Å². The average molecular weight is 374 g/mol. The van der Waals surface area contributed by atoms with Gasteiger partial charge in [0.2, 0.25) is 21.8 Å². The van der Waals surface area contributed by atoms with Gasteiger partial charge in [-0.05, 0) is 29.3 Å². The zero-order chi connectivity index (χ0) is 18.7. The van der Waals surface area contributed by atoms with Crippen molar-refractivity contribution in [2.45, 2.75) is 18.1 Å². The highest BCUT2D eigenvalue weighted by Crippen LogP contribution is 2.34. The minimum Gasteiger partial charge on any atom is -0.497 e. The lowest BCUT2D eigenvalue weighted by atomic mass is 9.97. The van der Waals surface area contributed by atoms with Crippen molar-refractivity contribution < 1.29 is 22.7 Å². The number of ether oxygens (including phenoxy) is 1. The molecule has 0 saturated heterocycles. The van der Waals surface area contributed by atoms with E-state index >= 15 is 0 Å². The van der Waals surface area contributed by atoms with Gasteiger partial charge in [-0.2, -0.15) is 0 Å². The first-order valence-electron chi connectivity index (χ1n) is 7.94. The molecule has 0 saturated carbocycles. The molecule has 136 valence electrons. The molecule has 0 aliphatic carbocycles.